The van der Waals surface area contributed by atoms with Gasteiger partial charge in [0.1, 0.15) is 12.1 Å². The Morgan fingerprint density at radius 1 is 1.29 bits per heavy atom. The Hall–Kier alpha value is -2.22. The maximum absolute atomic E-state index is 12.6. The minimum absolute atomic E-state index is 0.00138. The number of nitrogens with zero attached hydrogens (tertiary/aromatic N) is 4. The van der Waals surface area contributed by atoms with Gasteiger partial charge >= 0.3 is 0 Å². The van der Waals surface area contributed by atoms with E-state index in [1.807, 2.05) is 0 Å². The summed E-state index contributed by atoms with van der Waals surface area (Å²) < 4.78 is 5.35. The molecule has 0 saturated carbocycles. The fourth-order valence-electron chi connectivity index (χ4n) is 3.55. The number of rotatable bonds is 3. The molecule has 1 atom stereocenters. The molecule has 0 aromatic carbocycles. The highest BCUT2D eigenvalue weighted by atomic mass is 16.5. The van der Waals surface area contributed by atoms with E-state index in [2.05, 4.69) is 30.4 Å². The highest BCUT2D eigenvalue weighted by Gasteiger charge is 2.29. The van der Waals surface area contributed by atoms with Gasteiger partial charge in [0.2, 0.25) is 5.91 Å². The van der Waals surface area contributed by atoms with E-state index < -0.39 is 0 Å². The Bertz CT molecular complexity index is 711. The molecule has 1 unspecified atom stereocenters. The van der Waals surface area contributed by atoms with E-state index in [0.29, 0.717) is 6.54 Å². The molecule has 1 amide bonds. The normalized spacial score (nSPS) is 22.7. The Labute approximate surface area is 140 Å². The van der Waals surface area contributed by atoms with Crippen molar-refractivity contribution in [2.24, 2.45) is 5.92 Å². The van der Waals surface area contributed by atoms with E-state index in [-0.39, 0.29) is 17.9 Å². The lowest BCUT2D eigenvalue weighted by Crippen LogP contribution is -2.47. The summed E-state index contributed by atoms with van der Waals surface area (Å²) >= 11 is 0. The first kappa shape index (κ1) is 15.3. The summed E-state index contributed by atoms with van der Waals surface area (Å²) in [7, 11) is 0. The van der Waals surface area contributed by atoms with E-state index in [1.54, 1.807) is 12.5 Å². The molecular weight excluding hydrogens is 308 g/mol. The number of fused-ring (bicyclic) bond motifs is 1. The molecule has 2 aromatic heterocycles. The molecular formula is C16H22N6O2. The van der Waals surface area contributed by atoms with Crippen LogP contribution in [0.1, 0.15) is 25.7 Å². The SMILES string of the molecule is O=C(NC1CCOCC1)C1CCCN(c2ncnc3[nH]ncc23)C1. The van der Waals surface area contributed by atoms with E-state index in [1.165, 1.54) is 0 Å². The zero-order valence-electron chi connectivity index (χ0n) is 13.6. The highest BCUT2D eigenvalue weighted by Crippen LogP contribution is 2.26. The fourth-order valence-corrected chi connectivity index (χ4v) is 3.55. The Kier molecular flexibility index (Phi) is 4.29. The van der Waals surface area contributed by atoms with Crippen LogP contribution in [0.4, 0.5) is 5.82 Å². The van der Waals surface area contributed by atoms with E-state index in [4.69, 9.17) is 4.74 Å². The molecule has 2 aromatic rings. The van der Waals surface area contributed by atoms with Crippen LogP contribution < -0.4 is 10.2 Å². The van der Waals surface area contributed by atoms with E-state index >= 15 is 0 Å². The number of carbonyl (C=O) groups is 1. The van der Waals surface area contributed by atoms with Crippen molar-refractivity contribution in [2.45, 2.75) is 31.7 Å². The van der Waals surface area contributed by atoms with Crippen LogP contribution >= 0.6 is 0 Å². The molecule has 0 bridgehead atoms. The second kappa shape index (κ2) is 6.72. The first-order valence-electron chi connectivity index (χ1n) is 8.58. The van der Waals surface area contributed by atoms with Crippen molar-refractivity contribution < 1.29 is 9.53 Å². The van der Waals surface area contributed by atoms with Crippen LogP contribution in [-0.4, -0.2) is 58.4 Å². The summed E-state index contributed by atoms with van der Waals surface area (Å²) in [5.74, 6) is 1.01. The number of H-pyrrole nitrogens is 1. The number of carbonyl (C=O) groups excluding carboxylic acids is 1. The van der Waals surface area contributed by atoms with Crippen LogP contribution in [0.2, 0.25) is 0 Å². The molecule has 2 saturated heterocycles. The van der Waals surface area contributed by atoms with Gasteiger partial charge in [0.15, 0.2) is 5.65 Å². The molecule has 4 rings (SSSR count). The van der Waals surface area contributed by atoms with Gasteiger partial charge in [0, 0.05) is 32.3 Å². The van der Waals surface area contributed by atoms with E-state index in [9.17, 15) is 4.79 Å². The molecule has 0 radical (unpaired) electrons. The third kappa shape index (κ3) is 3.06. The van der Waals surface area contributed by atoms with Gasteiger partial charge in [-0.25, -0.2) is 9.97 Å². The monoisotopic (exact) mass is 330 g/mol. The lowest BCUT2D eigenvalue weighted by atomic mass is 9.96. The third-order valence-electron chi connectivity index (χ3n) is 4.89. The first-order chi connectivity index (χ1) is 11.8. The summed E-state index contributed by atoms with van der Waals surface area (Å²) in [4.78, 5) is 23.4. The van der Waals surface area contributed by atoms with Crippen molar-refractivity contribution in [1.29, 1.82) is 0 Å². The van der Waals surface area contributed by atoms with Gasteiger partial charge in [0.25, 0.3) is 0 Å². The Morgan fingerprint density at radius 3 is 3.04 bits per heavy atom. The van der Waals surface area contributed by atoms with Gasteiger partial charge in [-0.1, -0.05) is 0 Å². The minimum Gasteiger partial charge on any atom is -0.381 e. The lowest BCUT2D eigenvalue weighted by Gasteiger charge is -2.34. The molecule has 2 fully saturated rings. The first-order valence-corrected chi connectivity index (χ1v) is 8.58. The Balaban J connectivity index is 1.45. The third-order valence-corrected chi connectivity index (χ3v) is 4.89. The van der Waals surface area contributed by atoms with Gasteiger partial charge in [0.05, 0.1) is 17.5 Å². The maximum Gasteiger partial charge on any atom is 0.225 e. The molecule has 8 nitrogen and oxygen atoms in total. The van der Waals surface area contributed by atoms with Crippen LogP contribution in [0.15, 0.2) is 12.5 Å². The molecule has 0 aliphatic carbocycles. The average Bonchev–Trinajstić information content (AvgIpc) is 3.11. The number of aromatic nitrogens is 4. The number of anilines is 1. The van der Waals surface area contributed by atoms with Crippen LogP contribution in [0.3, 0.4) is 0 Å². The second-order valence-corrected chi connectivity index (χ2v) is 6.51. The van der Waals surface area contributed by atoms with Gasteiger partial charge in [-0.05, 0) is 25.7 Å². The quantitative estimate of drug-likeness (QED) is 0.867. The predicted molar refractivity (Wildman–Crippen MR) is 88.6 cm³/mol. The topological polar surface area (TPSA) is 96.0 Å². The Morgan fingerprint density at radius 2 is 2.17 bits per heavy atom. The fraction of sp³-hybridized carbons (Fsp3) is 0.625. The lowest BCUT2D eigenvalue weighted by molar-refractivity contribution is -0.126. The van der Waals surface area contributed by atoms with Crippen LogP contribution in [0, 0.1) is 5.92 Å². The number of piperidine rings is 1. The molecule has 8 heteroatoms. The minimum atomic E-state index is -0.00138. The molecule has 0 spiro atoms. The zero-order chi connectivity index (χ0) is 16.4. The van der Waals surface area contributed by atoms with Crippen molar-refractivity contribution in [3.8, 4) is 0 Å². The number of nitrogens with one attached hydrogen (secondary N) is 2. The maximum atomic E-state index is 12.6. The second-order valence-electron chi connectivity index (χ2n) is 6.51. The van der Waals surface area contributed by atoms with Crippen molar-refractivity contribution in [3.05, 3.63) is 12.5 Å². The number of ether oxygens (including phenoxy) is 1. The van der Waals surface area contributed by atoms with Crippen molar-refractivity contribution in [2.75, 3.05) is 31.2 Å². The summed E-state index contributed by atoms with van der Waals surface area (Å²) in [6.07, 6.45) is 7.01. The van der Waals surface area contributed by atoms with Crippen LogP contribution in [0.25, 0.3) is 11.0 Å². The smallest absolute Gasteiger partial charge is 0.225 e. The van der Waals surface area contributed by atoms with Crippen LogP contribution in [0.5, 0.6) is 0 Å². The molecule has 128 valence electrons. The summed E-state index contributed by atoms with van der Waals surface area (Å²) in [5, 5.41) is 11.0. The van der Waals surface area contributed by atoms with Crippen LogP contribution in [-0.2, 0) is 9.53 Å². The standard InChI is InChI=1S/C16H22N6O2/c23-16(20-12-3-6-24-7-4-12)11-2-1-5-22(9-11)15-13-8-19-21-14(13)17-10-18-15/h8,10-12H,1-7,9H2,(H,20,23)(H,17,18,19,21). The molecule has 24 heavy (non-hydrogen) atoms. The highest BCUT2D eigenvalue weighted by molar-refractivity contribution is 5.87. The van der Waals surface area contributed by atoms with Gasteiger partial charge in [-0.15, -0.1) is 0 Å². The van der Waals surface area contributed by atoms with Crippen molar-refractivity contribution >= 4 is 22.8 Å². The number of hydrogen-bond donors (Lipinski definition) is 2. The average molecular weight is 330 g/mol. The zero-order valence-corrected chi connectivity index (χ0v) is 13.6. The number of hydrogen-bond acceptors (Lipinski definition) is 6. The molecule has 2 N–H and O–H groups in total. The summed E-state index contributed by atoms with van der Waals surface area (Å²) in [6.45, 7) is 3.06. The molecule has 4 heterocycles. The summed E-state index contributed by atoms with van der Waals surface area (Å²) in [6, 6.07) is 0.251. The van der Waals surface area contributed by atoms with Gasteiger partial charge < -0.3 is 15.0 Å². The largest absolute Gasteiger partial charge is 0.381 e. The van der Waals surface area contributed by atoms with Gasteiger partial charge in [-0.3, -0.25) is 9.89 Å². The van der Waals surface area contributed by atoms with Crippen molar-refractivity contribution in [1.82, 2.24) is 25.5 Å². The number of amides is 1. The van der Waals surface area contributed by atoms with E-state index in [0.717, 1.165) is 62.3 Å². The molecule has 2 aliphatic rings. The van der Waals surface area contributed by atoms with Crippen molar-refractivity contribution in [3.63, 3.8) is 0 Å². The van der Waals surface area contributed by atoms with Gasteiger partial charge in [-0.2, -0.15) is 5.10 Å². The summed E-state index contributed by atoms with van der Waals surface area (Å²) in [5.41, 5.74) is 0.730. The predicted octanol–water partition coefficient (Wildman–Crippen LogP) is 0.864. The number of aromatic amines is 1. The molecule has 2 aliphatic heterocycles.